The zero-order chi connectivity index (χ0) is 14.7. The van der Waals surface area contributed by atoms with E-state index in [1.807, 2.05) is 0 Å². The first-order valence-corrected chi connectivity index (χ1v) is 6.09. The van der Waals surface area contributed by atoms with Gasteiger partial charge in [-0.05, 0) is 30.7 Å². The molecule has 0 saturated heterocycles. The lowest BCUT2D eigenvalue weighted by Gasteiger charge is -2.10. The van der Waals surface area contributed by atoms with Gasteiger partial charge in [-0.25, -0.2) is 13.2 Å². The molecule has 0 spiro atoms. The predicted octanol–water partition coefficient (Wildman–Crippen LogP) is 3.70. The minimum absolute atomic E-state index is 0.0220. The molecule has 0 amide bonds. The van der Waals surface area contributed by atoms with Gasteiger partial charge in [-0.1, -0.05) is 12.1 Å². The minimum atomic E-state index is -0.940. The van der Waals surface area contributed by atoms with E-state index < -0.39 is 23.5 Å². The van der Waals surface area contributed by atoms with Gasteiger partial charge in [0.05, 0.1) is 0 Å². The Labute approximate surface area is 115 Å². The van der Waals surface area contributed by atoms with E-state index in [0.29, 0.717) is 16.9 Å². The molecule has 0 aliphatic carbocycles. The van der Waals surface area contributed by atoms with Crippen LogP contribution >= 0.6 is 0 Å². The van der Waals surface area contributed by atoms with Crippen molar-refractivity contribution >= 4 is 0 Å². The summed E-state index contributed by atoms with van der Waals surface area (Å²) < 4.78 is 44.8. The van der Waals surface area contributed by atoms with Crippen LogP contribution in [-0.2, 0) is 6.61 Å². The third-order valence-electron chi connectivity index (χ3n) is 2.85. The molecule has 2 rings (SSSR count). The highest BCUT2D eigenvalue weighted by Crippen LogP contribution is 2.21. The number of nitrogens with two attached hydrogens (primary N) is 1. The maximum atomic E-state index is 13.7. The van der Waals surface area contributed by atoms with Crippen molar-refractivity contribution in [2.75, 3.05) is 0 Å². The van der Waals surface area contributed by atoms with Crippen molar-refractivity contribution in [3.05, 3.63) is 65.0 Å². The van der Waals surface area contributed by atoms with Crippen molar-refractivity contribution in [2.45, 2.75) is 19.6 Å². The number of halogens is 3. The van der Waals surface area contributed by atoms with Crippen molar-refractivity contribution < 1.29 is 17.9 Å². The Kier molecular flexibility index (Phi) is 4.29. The maximum Gasteiger partial charge on any atom is 0.159 e. The van der Waals surface area contributed by atoms with Crippen LogP contribution in [0.3, 0.4) is 0 Å². The van der Waals surface area contributed by atoms with Gasteiger partial charge in [0, 0.05) is 17.7 Å². The summed E-state index contributed by atoms with van der Waals surface area (Å²) in [5.74, 6) is -2.01. The molecule has 0 aliphatic rings. The molecule has 106 valence electrons. The Morgan fingerprint density at radius 2 is 1.75 bits per heavy atom. The molecule has 0 aliphatic heterocycles. The third kappa shape index (κ3) is 3.30. The van der Waals surface area contributed by atoms with Crippen LogP contribution in [0.1, 0.15) is 24.1 Å². The van der Waals surface area contributed by atoms with Gasteiger partial charge in [0.1, 0.15) is 18.2 Å². The molecule has 0 fully saturated rings. The molecule has 0 unspecified atom stereocenters. The smallest absolute Gasteiger partial charge is 0.159 e. The predicted molar refractivity (Wildman–Crippen MR) is 69.7 cm³/mol. The lowest BCUT2D eigenvalue weighted by Crippen LogP contribution is -2.07. The van der Waals surface area contributed by atoms with Crippen LogP contribution in [0.4, 0.5) is 13.2 Å². The molecule has 2 aromatic rings. The lowest BCUT2D eigenvalue weighted by atomic mass is 10.1. The van der Waals surface area contributed by atoms with Gasteiger partial charge in [0.2, 0.25) is 0 Å². The van der Waals surface area contributed by atoms with E-state index in [-0.39, 0.29) is 6.61 Å². The second kappa shape index (κ2) is 5.96. The molecule has 0 aromatic heterocycles. The molecule has 2 aromatic carbocycles. The first-order chi connectivity index (χ1) is 9.47. The zero-order valence-corrected chi connectivity index (χ0v) is 10.9. The van der Waals surface area contributed by atoms with Gasteiger partial charge in [-0.15, -0.1) is 0 Å². The molecular weight excluding hydrogens is 267 g/mol. The van der Waals surface area contributed by atoms with Crippen molar-refractivity contribution in [3.63, 3.8) is 0 Å². The molecule has 5 heteroatoms. The number of hydrogen-bond acceptors (Lipinski definition) is 2. The fourth-order valence-corrected chi connectivity index (χ4v) is 1.76. The summed E-state index contributed by atoms with van der Waals surface area (Å²) >= 11 is 0. The quantitative estimate of drug-likeness (QED) is 0.927. The molecule has 0 bridgehead atoms. The molecule has 1 atom stereocenters. The van der Waals surface area contributed by atoms with Crippen LogP contribution in [0.25, 0.3) is 0 Å². The Bertz CT molecular complexity index is 614. The van der Waals surface area contributed by atoms with E-state index in [4.69, 9.17) is 10.5 Å². The summed E-state index contributed by atoms with van der Waals surface area (Å²) in [4.78, 5) is 0. The molecule has 2 N–H and O–H groups in total. The van der Waals surface area contributed by atoms with E-state index in [0.717, 1.165) is 12.1 Å². The van der Waals surface area contributed by atoms with Crippen LogP contribution in [0.5, 0.6) is 5.75 Å². The summed E-state index contributed by atoms with van der Waals surface area (Å²) in [6.45, 7) is 1.70. The van der Waals surface area contributed by atoms with Crippen LogP contribution in [0.2, 0.25) is 0 Å². The molecule has 0 radical (unpaired) electrons. The Morgan fingerprint density at radius 1 is 1.00 bits per heavy atom. The Hall–Kier alpha value is -2.01. The first kappa shape index (κ1) is 14.4. The normalized spacial score (nSPS) is 12.2. The summed E-state index contributed by atoms with van der Waals surface area (Å²) in [5, 5.41) is 0. The van der Waals surface area contributed by atoms with E-state index in [9.17, 15) is 13.2 Å². The van der Waals surface area contributed by atoms with Crippen LogP contribution in [0.15, 0.2) is 36.4 Å². The van der Waals surface area contributed by atoms with E-state index >= 15 is 0 Å². The van der Waals surface area contributed by atoms with Gasteiger partial charge >= 0.3 is 0 Å². The minimum Gasteiger partial charge on any atom is -0.489 e. The first-order valence-electron chi connectivity index (χ1n) is 6.09. The molecular formula is C15H14F3NO. The van der Waals surface area contributed by atoms with E-state index in [1.165, 1.54) is 12.1 Å². The lowest BCUT2D eigenvalue weighted by molar-refractivity contribution is 0.303. The van der Waals surface area contributed by atoms with Gasteiger partial charge in [-0.3, -0.25) is 0 Å². The summed E-state index contributed by atoms with van der Waals surface area (Å²) in [6, 6.07) is 7.41. The van der Waals surface area contributed by atoms with Gasteiger partial charge in [0.15, 0.2) is 11.6 Å². The van der Waals surface area contributed by atoms with Gasteiger partial charge in [-0.2, -0.15) is 0 Å². The van der Waals surface area contributed by atoms with E-state index in [1.54, 1.807) is 19.1 Å². The molecule has 20 heavy (non-hydrogen) atoms. The number of ether oxygens (including phenoxy) is 1. The summed E-state index contributed by atoms with van der Waals surface area (Å²) in [7, 11) is 0. The van der Waals surface area contributed by atoms with Crippen molar-refractivity contribution in [1.29, 1.82) is 0 Å². The molecule has 0 saturated carbocycles. The molecule has 2 nitrogen and oxygen atoms in total. The monoisotopic (exact) mass is 281 g/mol. The number of rotatable bonds is 4. The third-order valence-corrected chi connectivity index (χ3v) is 2.85. The number of hydrogen-bond donors (Lipinski definition) is 1. The highest BCUT2D eigenvalue weighted by molar-refractivity contribution is 5.31. The SMILES string of the molecule is C[C@@H](N)c1ccc(OCc2ccc(F)c(F)c2)cc1F. The van der Waals surface area contributed by atoms with Crippen LogP contribution in [0, 0.1) is 17.5 Å². The number of benzene rings is 2. The largest absolute Gasteiger partial charge is 0.489 e. The van der Waals surface area contributed by atoms with Crippen molar-refractivity contribution in [1.82, 2.24) is 0 Å². The maximum absolute atomic E-state index is 13.7. The standard InChI is InChI=1S/C15H14F3NO/c1-9(19)12-4-3-11(7-14(12)17)20-8-10-2-5-13(16)15(18)6-10/h2-7,9H,8,19H2,1H3/t9-/m1/s1. The Morgan fingerprint density at radius 3 is 2.35 bits per heavy atom. The van der Waals surface area contributed by atoms with E-state index in [2.05, 4.69) is 0 Å². The fourth-order valence-electron chi connectivity index (χ4n) is 1.76. The molecule has 0 heterocycles. The topological polar surface area (TPSA) is 35.2 Å². The van der Waals surface area contributed by atoms with Crippen molar-refractivity contribution in [2.24, 2.45) is 5.73 Å². The fraction of sp³-hybridized carbons (Fsp3) is 0.200. The second-order valence-electron chi connectivity index (χ2n) is 4.51. The second-order valence-corrected chi connectivity index (χ2v) is 4.51. The summed E-state index contributed by atoms with van der Waals surface area (Å²) in [6.07, 6.45) is 0. The summed E-state index contributed by atoms with van der Waals surface area (Å²) in [5.41, 5.74) is 6.45. The van der Waals surface area contributed by atoms with Crippen LogP contribution in [-0.4, -0.2) is 0 Å². The van der Waals surface area contributed by atoms with Gasteiger partial charge in [0.25, 0.3) is 0 Å². The average molecular weight is 281 g/mol. The van der Waals surface area contributed by atoms with Crippen molar-refractivity contribution in [3.8, 4) is 5.75 Å². The highest BCUT2D eigenvalue weighted by Gasteiger charge is 2.08. The zero-order valence-electron chi connectivity index (χ0n) is 10.9. The van der Waals surface area contributed by atoms with Gasteiger partial charge < -0.3 is 10.5 Å². The highest BCUT2D eigenvalue weighted by atomic mass is 19.2. The average Bonchev–Trinajstić information content (AvgIpc) is 2.40. The van der Waals surface area contributed by atoms with Crippen LogP contribution < -0.4 is 10.5 Å². The Balaban J connectivity index is 2.07.